The zero-order valence-electron chi connectivity index (χ0n) is 10.7. The number of piperazine rings is 1. The molecule has 2 N–H and O–H groups in total. The van der Waals surface area contributed by atoms with Crippen molar-refractivity contribution >= 4 is 11.8 Å². The van der Waals surface area contributed by atoms with Crippen LogP contribution in [-0.2, 0) is 0 Å². The third kappa shape index (κ3) is 5.16. The first kappa shape index (κ1) is 13.7. The Labute approximate surface area is 109 Å². The molecule has 1 atom stereocenters. The van der Waals surface area contributed by atoms with Crippen LogP contribution in [0.25, 0.3) is 0 Å². The van der Waals surface area contributed by atoms with Gasteiger partial charge in [0.25, 0.3) is 0 Å². The number of aliphatic hydroxyl groups excluding tert-OH is 1. The van der Waals surface area contributed by atoms with E-state index in [1.54, 1.807) is 0 Å². The van der Waals surface area contributed by atoms with Crippen molar-refractivity contribution in [2.45, 2.75) is 31.8 Å². The Morgan fingerprint density at radius 3 is 2.65 bits per heavy atom. The first-order valence-electron chi connectivity index (χ1n) is 7.03. The topological polar surface area (TPSA) is 35.5 Å². The summed E-state index contributed by atoms with van der Waals surface area (Å²) in [6, 6.07) is 0. The van der Waals surface area contributed by atoms with Gasteiger partial charge in [0.1, 0.15) is 0 Å². The smallest absolute Gasteiger partial charge is 0.0757 e. The van der Waals surface area contributed by atoms with Crippen LogP contribution in [-0.4, -0.2) is 60.3 Å². The monoisotopic (exact) mass is 258 g/mol. The molecular formula is C13H26N2OS. The van der Waals surface area contributed by atoms with Crippen LogP contribution in [0.1, 0.15) is 25.7 Å². The van der Waals surface area contributed by atoms with Crippen LogP contribution < -0.4 is 5.32 Å². The Morgan fingerprint density at radius 2 is 1.94 bits per heavy atom. The molecule has 0 bridgehead atoms. The van der Waals surface area contributed by atoms with E-state index in [1.807, 2.05) is 11.8 Å². The molecule has 1 unspecified atom stereocenters. The molecule has 1 saturated heterocycles. The van der Waals surface area contributed by atoms with E-state index in [2.05, 4.69) is 10.2 Å². The molecule has 1 aliphatic heterocycles. The number of aliphatic hydroxyl groups is 1. The lowest BCUT2D eigenvalue weighted by molar-refractivity contribution is 0.121. The quantitative estimate of drug-likeness (QED) is 0.750. The molecule has 2 fully saturated rings. The average molecular weight is 258 g/mol. The van der Waals surface area contributed by atoms with Crippen LogP contribution in [0.4, 0.5) is 0 Å². The minimum atomic E-state index is -0.139. The molecule has 4 heteroatoms. The van der Waals surface area contributed by atoms with E-state index in [4.69, 9.17) is 0 Å². The second-order valence-electron chi connectivity index (χ2n) is 5.39. The van der Waals surface area contributed by atoms with Crippen LogP contribution in [0, 0.1) is 5.92 Å². The third-order valence-corrected chi connectivity index (χ3v) is 5.14. The molecule has 0 spiro atoms. The number of thioether (sulfide) groups is 1. The van der Waals surface area contributed by atoms with Crippen LogP contribution >= 0.6 is 11.8 Å². The summed E-state index contributed by atoms with van der Waals surface area (Å²) < 4.78 is 0. The first-order valence-corrected chi connectivity index (χ1v) is 8.19. The van der Waals surface area contributed by atoms with Crippen molar-refractivity contribution in [1.82, 2.24) is 10.2 Å². The predicted molar refractivity (Wildman–Crippen MR) is 74.6 cm³/mol. The van der Waals surface area contributed by atoms with Gasteiger partial charge in [-0.05, 0) is 24.5 Å². The highest BCUT2D eigenvalue weighted by Gasteiger charge is 2.17. The van der Waals surface area contributed by atoms with Gasteiger partial charge in [-0.25, -0.2) is 0 Å². The molecule has 1 saturated carbocycles. The molecule has 0 radical (unpaired) electrons. The highest BCUT2D eigenvalue weighted by molar-refractivity contribution is 7.99. The minimum Gasteiger partial charge on any atom is -0.391 e. The zero-order valence-corrected chi connectivity index (χ0v) is 11.6. The van der Waals surface area contributed by atoms with Crippen LogP contribution in [0.3, 0.4) is 0 Å². The second-order valence-corrected chi connectivity index (χ2v) is 6.47. The van der Waals surface area contributed by atoms with Crippen molar-refractivity contribution in [2.75, 3.05) is 44.2 Å². The van der Waals surface area contributed by atoms with Crippen molar-refractivity contribution in [3.8, 4) is 0 Å². The number of β-amino-alcohol motifs (C(OH)–C–C–N with tert-alkyl or cyclic N) is 1. The summed E-state index contributed by atoms with van der Waals surface area (Å²) in [5.41, 5.74) is 0. The number of nitrogens with one attached hydrogen (secondary N) is 1. The summed E-state index contributed by atoms with van der Waals surface area (Å²) in [5.74, 6) is 3.12. The fourth-order valence-corrected chi connectivity index (χ4v) is 3.97. The summed E-state index contributed by atoms with van der Waals surface area (Å²) in [6.45, 7) is 5.18. The summed E-state index contributed by atoms with van der Waals surface area (Å²) in [6.07, 6.45) is 5.55. The highest BCUT2D eigenvalue weighted by Crippen LogP contribution is 2.27. The largest absolute Gasteiger partial charge is 0.391 e. The lowest BCUT2D eigenvalue weighted by Crippen LogP contribution is -2.46. The lowest BCUT2D eigenvalue weighted by atomic mass is 10.1. The predicted octanol–water partition coefficient (Wildman–Crippen LogP) is 1.18. The molecule has 1 heterocycles. The molecule has 0 aromatic rings. The average Bonchev–Trinajstić information content (AvgIpc) is 2.83. The Balaban J connectivity index is 1.52. The molecule has 2 rings (SSSR count). The summed E-state index contributed by atoms with van der Waals surface area (Å²) >= 11 is 1.95. The maximum absolute atomic E-state index is 9.99. The van der Waals surface area contributed by atoms with Gasteiger partial charge < -0.3 is 10.4 Å². The maximum atomic E-state index is 9.99. The summed E-state index contributed by atoms with van der Waals surface area (Å²) in [5, 5.41) is 13.3. The summed E-state index contributed by atoms with van der Waals surface area (Å²) in [4.78, 5) is 2.37. The minimum absolute atomic E-state index is 0.139. The number of hydrogen-bond donors (Lipinski definition) is 2. The van der Waals surface area contributed by atoms with E-state index in [0.717, 1.165) is 44.4 Å². The molecule has 0 aromatic heterocycles. The van der Waals surface area contributed by atoms with E-state index in [9.17, 15) is 5.11 Å². The van der Waals surface area contributed by atoms with Gasteiger partial charge in [0.15, 0.2) is 0 Å². The van der Waals surface area contributed by atoms with E-state index >= 15 is 0 Å². The van der Waals surface area contributed by atoms with Crippen LogP contribution in [0.5, 0.6) is 0 Å². The van der Waals surface area contributed by atoms with Crippen molar-refractivity contribution < 1.29 is 5.11 Å². The van der Waals surface area contributed by atoms with Gasteiger partial charge in [-0.2, -0.15) is 11.8 Å². The lowest BCUT2D eigenvalue weighted by Gasteiger charge is -2.29. The van der Waals surface area contributed by atoms with Crippen molar-refractivity contribution in [3.05, 3.63) is 0 Å². The SMILES string of the molecule is OC(CSCC1CCCC1)CN1CCNCC1. The van der Waals surface area contributed by atoms with E-state index < -0.39 is 0 Å². The van der Waals surface area contributed by atoms with Gasteiger partial charge >= 0.3 is 0 Å². The van der Waals surface area contributed by atoms with Gasteiger partial charge in [-0.1, -0.05) is 12.8 Å². The molecule has 100 valence electrons. The Bertz CT molecular complexity index is 204. The van der Waals surface area contributed by atoms with Gasteiger partial charge in [0, 0.05) is 38.5 Å². The van der Waals surface area contributed by atoms with E-state index in [-0.39, 0.29) is 6.10 Å². The van der Waals surface area contributed by atoms with Crippen molar-refractivity contribution in [3.63, 3.8) is 0 Å². The highest BCUT2D eigenvalue weighted by atomic mass is 32.2. The zero-order chi connectivity index (χ0) is 11.9. The standard InChI is InChI=1S/C13H26N2OS/c16-13(9-15-7-5-14-6-8-15)11-17-10-12-3-1-2-4-12/h12-14,16H,1-11H2. The van der Waals surface area contributed by atoms with E-state index in [0.29, 0.717) is 0 Å². The molecule has 2 aliphatic rings. The second kappa shape index (κ2) is 7.62. The van der Waals surface area contributed by atoms with Crippen molar-refractivity contribution in [1.29, 1.82) is 0 Å². The van der Waals surface area contributed by atoms with Crippen molar-refractivity contribution in [2.24, 2.45) is 5.92 Å². The van der Waals surface area contributed by atoms with Gasteiger partial charge in [-0.3, -0.25) is 4.90 Å². The van der Waals surface area contributed by atoms with Gasteiger partial charge in [-0.15, -0.1) is 0 Å². The first-order chi connectivity index (χ1) is 8.34. The molecule has 1 aliphatic carbocycles. The Kier molecular flexibility index (Phi) is 6.12. The van der Waals surface area contributed by atoms with Crippen LogP contribution in [0.2, 0.25) is 0 Å². The number of nitrogens with zero attached hydrogens (tertiary/aromatic N) is 1. The Hall–Kier alpha value is 0.230. The number of rotatable bonds is 6. The molecule has 0 amide bonds. The maximum Gasteiger partial charge on any atom is 0.0757 e. The number of hydrogen-bond acceptors (Lipinski definition) is 4. The third-order valence-electron chi connectivity index (χ3n) is 3.82. The van der Waals surface area contributed by atoms with E-state index in [1.165, 1.54) is 31.4 Å². The fourth-order valence-electron chi connectivity index (χ4n) is 2.79. The fraction of sp³-hybridized carbons (Fsp3) is 1.00. The summed E-state index contributed by atoms with van der Waals surface area (Å²) in [7, 11) is 0. The van der Waals surface area contributed by atoms with Gasteiger partial charge in [0.2, 0.25) is 0 Å². The molecule has 17 heavy (non-hydrogen) atoms. The Morgan fingerprint density at radius 1 is 1.24 bits per heavy atom. The normalized spacial score (nSPS) is 25.2. The molecule has 3 nitrogen and oxygen atoms in total. The van der Waals surface area contributed by atoms with Crippen LogP contribution in [0.15, 0.2) is 0 Å². The molecule has 0 aromatic carbocycles. The van der Waals surface area contributed by atoms with Gasteiger partial charge in [0.05, 0.1) is 6.10 Å². The molecular weight excluding hydrogens is 232 g/mol.